The second-order valence-electron chi connectivity index (χ2n) is 8.89. The maximum Gasteiger partial charge on any atom is 0.159 e. The lowest BCUT2D eigenvalue weighted by Gasteiger charge is -2.22. The fourth-order valence-corrected chi connectivity index (χ4v) is 4.38. The number of rotatable bonds is 5. The first-order valence-corrected chi connectivity index (χ1v) is 11.3. The number of benzene rings is 1. The molecule has 4 aromatic rings. The number of aryl methyl sites for hydroxylation is 1. The fraction of sp³-hybridized carbons (Fsp3) is 0.400. The maximum atomic E-state index is 10.3. The van der Waals surface area contributed by atoms with Crippen LogP contribution < -0.4 is 0 Å². The van der Waals surface area contributed by atoms with E-state index in [0.29, 0.717) is 6.04 Å². The Morgan fingerprint density at radius 3 is 2.50 bits per heavy atom. The molecule has 0 aliphatic carbocycles. The largest absolute Gasteiger partial charge is 0.386 e. The highest BCUT2D eigenvalue weighted by molar-refractivity contribution is 5.81. The highest BCUT2D eigenvalue weighted by Crippen LogP contribution is 2.30. The van der Waals surface area contributed by atoms with E-state index in [1.165, 1.54) is 0 Å². The summed E-state index contributed by atoms with van der Waals surface area (Å²) in [4.78, 5) is 5.06. The molecule has 4 heterocycles. The average Bonchev–Trinajstić information content (AvgIpc) is 3.44. The van der Waals surface area contributed by atoms with Gasteiger partial charge in [-0.1, -0.05) is 19.1 Å². The van der Waals surface area contributed by atoms with Gasteiger partial charge >= 0.3 is 0 Å². The van der Waals surface area contributed by atoms with E-state index in [-0.39, 0.29) is 0 Å². The standard InChI is InChI=1S/C25H29N5O2/c1-4-21-20-9-10-22(27-24(20)30(28-21)19-12-15-32-16-13-19)23-11-14-26-29(23)18-7-5-17(6-8-18)25(2,3)31/h5-11,14,19,31H,4,12-13,15-16H2,1-3H3. The molecule has 0 bridgehead atoms. The molecule has 0 amide bonds. The highest BCUT2D eigenvalue weighted by Gasteiger charge is 2.22. The SMILES string of the molecule is CCc1nn(C2CCOCC2)c2nc(-c3ccnn3-c3ccc(C(C)(C)O)cc3)ccc12. The number of aliphatic hydroxyl groups is 1. The van der Waals surface area contributed by atoms with Gasteiger partial charge < -0.3 is 9.84 Å². The van der Waals surface area contributed by atoms with Gasteiger partial charge in [0, 0.05) is 18.6 Å². The minimum Gasteiger partial charge on any atom is -0.386 e. The zero-order valence-electron chi connectivity index (χ0n) is 18.8. The van der Waals surface area contributed by atoms with E-state index in [1.54, 1.807) is 20.0 Å². The summed E-state index contributed by atoms with van der Waals surface area (Å²) in [7, 11) is 0. The lowest BCUT2D eigenvalue weighted by atomic mass is 9.98. The van der Waals surface area contributed by atoms with Crippen molar-refractivity contribution in [3.05, 3.63) is 59.9 Å². The number of fused-ring (bicyclic) bond motifs is 1. The molecule has 1 aromatic carbocycles. The van der Waals surface area contributed by atoms with E-state index in [2.05, 4.69) is 28.8 Å². The van der Waals surface area contributed by atoms with Crippen LogP contribution in [-0.4, -0.2) is 42.9 Å². The molecule has 1 fully saturated rings. The van der Waals surface area contributed by atoms with Crippen molar-refractivity contribution in [1.82, 2.24) is 24.5 Å². The number of ether oxygens (including phenoxy) is 1. The van der Waals surface area contributed by atoms with Crippen molar-refractivity contribution in [3.8, 4) is 17.1 Å². The number of nitrogens with zero attached hydrogens (tertiary/aromatic N) is 5. The van der Waals surface area contributed by atoms with Crippen LogP contribution in [-0.2, 0) is 16.8 Å². The van der Waals surface area contributed by atoms with Crippen molar-refractivity contribution in [2.45, 2.75) is 51.7 Å². The topological polar surface area (TPSA) is 78.0 Å². The normalized spacial score (nSPS) is 15.5. The number of pyridine rings is 1. The lowest BCUT2D eigenvalue weighted by Crippen LogP contribution is -2.21. The van der Waals surface area contributed by atoms with Crippen molar-refractivity contribution in [1.29, 1.82) is 0 Å². The molecule has 166 valence electrons. The van der Waals surface area contributed by atoms with Gasteiger partial charge in [0.25, 0.3) is 0 Å². The van der Waals surface area contributed by atoms with E-state index in [1.807, 2.05) is 35.0 Å². The van der Waals surface area contributed by atoms with E-state index >= 15 is 0 Å². The van der Waals surface area contributed by atoms with Crippen molar-refractivity contribution < 1.29 is 9.84 Å². The Balaban J connectivity index is 1.57. The van der Waals surface area contributed by atoms with E-state index in [4.69, 9.17) is 14.8 Å². The van der Waals surface area contributed by atoms with Gasteiger partial charge in [0.05, 0.1) is 40.6 Å². The van der Waals surface area contributed by atoms with Crippen molar-refractivity contribution >= 4 is 11.0 Å². The molecule has 32 heavy (non-hydrogen) atoms. The molecule has 7 nitrogen and oxygen atoms in total. The molecule has 0 saturated carbocycles. The Bertz CT molecular complexity index is 1230. The van der Waals surface area contributed by atoms with Crippen LogP contribution in [0.1, 0.15) is 50.9 Å². The van der Waals surface area contributed by atoms with Crippen LogP contribution in [0, 0.1) is 0 Å². The fourth-order valence-electron chi connectivity index (χ4n) is 4.38. The molecule has 0 radical (unpaired) electrons. The van der Waals surface area contributed by atoms with Gasteiger partial charge in [-0.05, 0) is 69.0 Å². The highest BCUT2D eigenvalue weighted by atomic mass is 16.5. The average molecular weight is 432 g/mol. The van der Waals surface area contributed by atoms with Crippen LogP contribution in [0.15, 0.2) is 48.7 Å². The minimum atomic E-state index is -0.877. The van der Waals surface area contributed by atoms with Crippen molar-refractivity contribution in [3.63, 3.8) is 0 Å². The third-order valence-corrected chi connectivity index (χ3v) is 6.23. The molecular weight excluding hydrogens is 402 g/mol. The van der Waals surface area contributed by atoms with Crippen LogP contribution in [0.2, 0.25) is 0 Å². The summed E-state index contributed by atoms with van der Waals surface area (Å²) in [5.74, 6) is 0. The zero-order chi connectivity index (χ0) is 22.3. The molecule has 1 aliphatic rings. The molecule has 3 aromatic heterocycles. The van der Waals surface area contributed by atoms with Gasteiger partial charge in [0.1, 0.15) is 0 Å². The van der Waals surface area contributed by atoms with E-state index in [9.17, 15) is 5.11 Å². The van der Waals surface area contributed by atoms with Gasteiger partial charge in [-0.25, -0.2) is 14.3 Å². The first kappa shape index (κ1) is 20.8. The van der Waals surface area contributed by atoms with Crippen molar-refractivity contribution in [2.75, 3.05) is 13.2 Å². The predicted molar refractivity (Wildman–Crippen MR) is 124 cm³/mol. The monoisotopic (exact) mass is 431 g/mol. The van der Waals surface area contributed by atoms with Gasteiger partial charge in [-0.15, -0.1) is 0 Å². The Morgan fingerprint density at radius 1 is 1.06 bits per heavy atom. The molecule has 0 unspecified atom stereocenters. The predicted octanol–water partition coefficient (Wildman–Crippen LogP) is 4.43. The summed E-state index contributed by atoms with van der Waals surface area (Å²) in [5, 5.41) is 20.8. The Morgan fingerprint density at radius 2 is 1.81 bits per heavy atom. The summed E-state index contributed by atoms with van der Waals surface area (Å²) < 4.78 is 9.55. The number of hydrogen-bond acceptors (Lipinski definition) is 5. The van der Waals surface area contributed by atoms with Gasteiger partial charge in [0.2, 0.25) is 0 Å². The molecule has 0 spiro atoms. The Kier molecular flexibility index (Phi) is 5.31. The molecule has 1 aliphatic heterocycles. The third kappa shape index (κ3) is 3.72. The van der Waals surface area contributed by atoms with E-state index < -0.39 is 5.60 Å². The Hall–Kier alpha value is -3.03. The van der Waals surface area contributed by atoms with Crippen molar-refractivity contribution in [2.24, 2.45) is 0 Å². The third-order valence-electron chi connectivity index (χ3n) is 6.23. The molecule has 7 heteroatoms. The molecule has 0 atom stereocenters. The quantitative estimate of drug-likeness (QED) is 0.506. The second kappa shape index (κ2) is 8.15. The minimum absolute atomic E-state index is 0.314. The Labute approximate surface area is 187 Å². The van der Waals surface area contributed by atoms with Crippen LogP contribution in [0.3, 0.4) is 0 Å². The maximum absolute atomic E-state index is 10.3. The van der Waals surface area contributed by atoms with Crippen LogP contribution >= 0.6 is 0 Å². The number of hydrogen-bond donors (Lipinski definition) is 1. The molecular formula is C25H29N5O2. The first-order valence-electron chi connectivity index (χ1n) is 11.3. The smallest absolute Gasteiger partial charge is 0.159 e. The van der Waals surface area contributed by atoms with Gasteiger partial charge in [0.15, 0.2) is 5.65 Å². The zero-order valence-corrected chi connectivity index (χ0v) is 18.8. The van der Waals surface area contributed by atoms with Gasteiger partial charge in [-0.3, -0.25) is 0 Å². The summed E-state index contributed by atoms with van der Waals surface area (Å²) in [6.07, 6.45) is 4.58. The van der Waals surface area contributed by atoms with Gasteiger partial charge in [-0.2, -0.15) is 10.2 Å². The molecule has 1 saturated heterocycles. The van der Waals surface area contributed by atoms with Crippen LogP contribution in [0.25, 0.3) is 28.1 Å². The van der Waals surface area contributed by atoms with E-state index in [0.717, 1.165) is 71.8 Å². The summed E-state index contributed by atoms with van der Waals surface area (Å²) >= 11 is 0. The number of aromatic nitrogens is 5. The molecule has 1 N–H and O–H groups in total. The summed E-state index contributed by atoms with van der Waals surface area (Å²) in [6.45, 7) is 7.23. The lowest BCUT2D eigenvalue weighted by molar-refractivity contribution is 0.0672. The second-order valence-corrected chi connectivity index (χ2v) is 8.89. The van der Waals surface area contributed by atoms with Crippen LogP contribution in [0.4, 0.5) is 0 Å². The molecule has 5 rings (SSSR count). The summed E-state index contributed by atoms with van der Waals surface area (Å²) in [5.41, 5.74) is 4.70. The van der Waals surface area contributed by atoms with Crippen LogP contribution in [0.5, 0.6) is 0 Å². The summed E-state index contributed by atoms with van der Waals surface area (Å²) in [6, 6.07) is 14.3. The first-order chi connectivity index (χ1) is 15.5.